The summed E-state index contributed by atoms with van der Waals surface area (Å²) >= 11 is 3.49. The van der Waals surface area contributed by atoms with Crippen LogP contribution in [0.1, 0.15) is 44.2 Å². The fraction of sp³-hybridized carbons (Fsp3) is 0.667. The topological polar surface area (TPSA) is 16.1 Å². The first-order chi connectivity index (χ1) is 8.52. The second-order valence-electron chi connectivity index (χ2n) is 6.12. The number of pyridine rings is 1. The molecule has 1 fully saturated rings. The Morgan fingerprint density at radius 2 is 2.11 bits per heavy atom. The van der Waals surface area contributed by atoms with Crippen LogP contribution in [0.2, 0.25) is 0 Å². The van der Waals surface area contributed by atoms with Gasteiger partial charge in [-0.25, -0.2) is 4.98 Å². The Kier molecular flexibility index (Phi) is 4.31. The maximum Gasteiger partial charge on any atom is 0.131 e. The van der Waals surface area contributed by atoms with Gasteiger partial charge in [0.2, 0.25) is 0 Å². The van der Waals surface area contributed by atoms with E-state index >= 15 is 0 Å². The van der Waals surface area contributed by atoms with Crippen molar-refractivity contribution in [3.05, 3.63) is 23.4 Å². The number of halogens is 1. The second-order valence-corrected chi connectivity index (χ2v) is 6.68. The van der Waals surface area contributed by atoms with Crippen molar-refractivity contribution >= 4 is 21.7 Å². The number of anilines is 1. The van der Waals surface area contributed by atoms with E-state index in [2.05, 4.69) is 52.7 Å². The molecule has 2 nitrogen and oxygen atoms in total. The van der Waals surface area contributed by atoms with Gasteiger partial charge in [0, 0.05) is 24.6 Å². The van der Waals surface area contributed by atoms with E-state index in [1.807, 2.05) is 6.20 Å². The summed E-state index contributed by atoms with van der Waals surface area (Å²) in [7, 11) is 0. The molecule has 2 rings (SSSR count). The van der Waals surface area contributed by atoms with Gasteiger partial charge in [0.25, 0.3) is 0 Å². The van der Waals surface area contributed by atoms with Crippen molar-refractivity contribution < 1.29 is 0 Å². The van der Waals surface area contributed by atoms with Gasteiger partial charge in [0.15, 0.2) is 0 Å². The quantitative estimate of drug-likeness (QED) is 0.757. The van der Waals surface area contributed by atoms with Crippen LogP contribution in [0.3, 0.4) is 0 Å². The van der Waals surface area contributed by atoms with Gasteiger partial charge >= 0.3 is 0 Å². The summed E-state index contributed by atoms with van der Waals surface area (Å²) < 4.78 is 0. The summed E-state index contributed by atoms with van der Waals surface area (Å²) in [5.41, 5.74) is 3.04. The van der Waals surface area contributed by atoms with Crippen LogP contribution in [0.5, 0.6) is 0 Å². The molecule has 1 aliphatic heterocycles. The normalized spacial score (nSPS) is 19.7. The molecule has 0 bridgehead atoms. The number of aromatic nitrogens is 1. The van der Waals surface area contributed by atoms with Crippen LogP contribution < -0.4 is 4.90 Å². The Morgan fingerprint density at radius 1 is 1.33 bits per heavy atom. The minimum Gasteiger partial charge on any atom is -0.356 e. The van der Waals surface area contributed by atoms with E-state index in [0.29, 0.717) is 5.41 Å². The number of nitrogens with zero attached hydrogens (tertiary/aromatic N) is 2. The minimum atomic E-state index is 0.485. The first-order valence-electron chi connectivity index (χ1n) is 6.78. The lowest BCUT2D eigenvalue weighted by Gasteiger charge is -2.25. The SMILES string of the molecule is Cc1cc(CBr)cnc1N1CCCC(C)(C)CC1. The summed E-state index contributed by atoms with van der Waals surface area (Å²) in [6.45, 7) is 9.21. The first-order valence-corrected chi connectivity index (χ1v) is 7.90. The molecule has 100 valence electrons. The standard InChI is InChI=1S/C15H23BrN2/c1-12-9-13(10-16)11-17-14(12)18-7-4-5-15(2,3)6-8-18/h9,11H,4-8,10H2,1-3H3. The maximum absolute atomic E-state index is 4.66. The highest BCUT2D eigenvalue weighted by Gasteiger charge is 2.24. The van der Waals surface area contributed by atoms with Crippen molar-refractivity contribution in [3.63, 3.8) is 0 Å². The van der Waals surface area contributed by atoms with Gasteiger partial charge in [-0.05, 0) is 42.7 Å². The van der Waals surface area contributed by atoms with Gasteiger partial charge in [0.05, 0.1) is 0 Å². The molecule has 0 N–H and O–H groups in total. The van der Waals surface area contributed by atoms with Crippen molar-refractivity contribution in [1.29, 1.82) is 0 Å². The van der Waals surface area contributed by atoms with Gasteiger partial charge in [-0.15, -0.1) is 0 Å². The molecule has 18 heavy (non-hydrogen) atoms. The van der Waals surface area contributed by atoms with E-state index < -0.39 is 0 Å². The number of aryl methyl sites for hydroxylation is 1. The third-order valence-corrected chi connectivity index (χ3v) is 4.55. The number of alkyl halides is 1. The summed E-state index contributed by atoms with van der Waals surface area (Å²) in [4.78, 5) is 7.12. The fourth-order valence-corrected chi connectivity index (χ4v) is 2.97. The predicted octanol–water partition coefficient (Wildman–Crippen LogP) is 4.30. The number of hydrogen-bond donors (Lipinski definition) is 0. The Morgan fingerprint density at radius 3 is 2.78 bits per heavy atom. The van der Waals surface area contributed by atoms with Crippen LogP contribution in [0.15, 0.2) is 12.3 Å². The van der Waals surface area contributed by atoms with Gasteiger partial charge in [-0.3, -0.25) is 0 Å². The van der Waals surface area contributed by atoms with E-state index in [1.165, 1.54) is 36.2 Å². The van der Waals surface area contributed by atoms with Crippen LogP contribution in [-0.2, 0) is 5.33 Å². The molecule has 0 aromatic carbocycles. The van der Waals surface area contributed by atoms with Crippen LogP contribution in [0.25, 0.3) is 0 Å². The fourth-order valence-electron chi connectivity index (χ4n) is 2.66. The van der Waals surface area contributed by atoms with Crippen LogP contribution in [0.4, 0.5) is 5.82 Å². The summed E-state index contributed by atoms with van der Waals surface area (Å²) in [5, 5.41) is 0.883. The largest absolute Gasteiger partial charge is 0.356 e. The molecule has 1 aromatic heterocycles. The molecule has 0 amide bonds. The third-order valence-electron chi connectivity index (χ3n) is 3.90. The highest BCUT2D eigenvalue weighted by molar-refractivity contribution is 9.08. The van der Waals surface area contributed by atoms with Crippen molar-refractivity contribution in [3.8, 4) is 0 Å². The molecule has 0 unspecified atom stereocenters. The van der Waals surface area contributed by atoms with Crippen molar-refractivity contribution in [2.24, 2.45) is 5.41 Å². The zero-order valence-electron chi connectivity index (χ0n) is 11.7. The highest BCUT2D eigenvalue weighted by Crippen LogP contribution is 2.32. The lowest BCUT2D eigenvalue weighted by atomic mass is 9.85. The Hall–Kier alpha value is -0.570. The molecular formula is C15H23BrN2. The monoisotopic (exact) mass is 310 g/mol. The lowest BCUT2D eigenvalue weighted by molar-refractivity contribution is 0.325. The number of rotatable bonds is 2. The van der Waals surface area contributed by atoms with E-state index in [9.17, 15) is 0 Å². The summed E-state index contributed by atoms with van der Waals surface area (Å²) in [5.74, 6) is 1.18. The van der Waals surface area contributed by atoms with Gasteiger partial charge in [-0.2, -0.15) is 0 Å². The average molecular weight is 311 g/mol. The maximum atomic E-state index is 4.66. The molecule has 0 atom stereocenters. The molecule has 3 heteroatoms. The lowest BCUT2D eigenvalue weighted by Crippen LogP contribution is -2.26. The Labute approximate surface area is 119 Å². The predicted molar refractivity (Wildman–Crippen MR) is 81.5 cm³/mol. The molecule has 0 radical (unpaired) electrons. The molecule has 2 heterocycles. The first kappa shape index (κ1) is 13.9. The Bertz CT molecular complexity index is 415. The van der Waals surface area contributed by atoms with Gasteiger partial charge in [-0.1, -0.05) is 35.8 Å². The van der Waals surface area contributed by atoms with E-state index in [4.69, 9.17) is 0 Å². The van der Waals surface area contributed by atoms with E-state index in [1.54, 1.807) is 0 Å². The summed E-state index contributed by atoms with van der Waals surface area (Å²) in [6.07, 6.45) is 5.85. The molecule has 1 saturated heterocycles. The molecule has 1 aliphatic rings. The van der Waals surface area contributed by atoms with Gasteiger partial charge in [0.1, 0.15) is 5.82 Å². The average Bonchev–Trinajstić information content (AvgIpc) is 2.50. The molecule has 1 aromatic rings. The zero-order chi connectivity index (χ0) is 13.2. The smallest absolute Gasteiger partial charge is 0.131 e. The van der Waals surface area contributed by atoms with E-state index in [-0.39, 0.29) is 0 Å². The van der Waals surface area contributed by atoms with Crippen LogP contribution in [-0.4, -0.2) is 18.1 Å². The van der Waals surface area contributed by atoms with Crippen molar-refractivity contribution in [1.82, 2.24) is 4.98 Å². The van der Waals surface area contributed by atoms with Crippen molar-refractivity contribution in [2.75, 3.05) is 18.0 Å². The highest BCUT2D eigenvalue weighted by atomic mass is 79.9. The molecule has 0 aliphatic carbocycles. The second kappa shape index (κ2) is 5.60. The zero-order valence-corrected chi connectivity index (χ0v) is 13.3. The van der Waals surface area contributed by atoms with Crippen molar-refractivity contribution in [2.45, 2.75) is 45.4 Å². The summed E-state index contributed by atoms with van der Waals surface area (Å²) in [6, 6.07) is 2.24. The van der Waals surface area contributed by atoms with E-state index in [0.717, 1.165) is 18.4 Å². The molecule has 0 spiro atoms. The molecular weight excluding hydrogens is 288 g/mol. The van der Waals surface area contributed by atoms with Gasteiger partial charge < -0.3 is 4.90 Å². The van der Waals surface area contributed by atoms with Crippen LogP contribution >= 0.6 is 15.9 Å². The minimum absolute atomic E-state index is 0.485. The molecule has 0 saturated carbocycles. The van der Waals surface area contributed by atoms with Crippen LogP contribution in [0, 0.1) is 12.3 Å². The third kappa shape index (κ3) is 3.25. The number of hydrogen-bond acceptors (Lipinski definition) is 2. The Balaban J connectivity index is 2.16.